The number of rotatable bonds is 6. The van der Waals surface area contributed by atoms with Crippen molar-refractivity contribution < 1.29 is 19.2 Å². The van der Waals surface area contributed by atoms with E-state index in [9.17, 15) is 14.9 Å². The third kappa shape index (κ3) is 4.35. The van der Waals surface area contributed by atoms with Gasteiger partial charge >= 0.3 is 0 Å². The zero-order chi connectivity index (χ0) is 21.0. The van der Waals surface area contributed by atoms with Gasteiger partial charge in [0, 0.05) is 36.9 Å². The number of aryl methyl sites for hydroxylation is 1. The number of benzene rings is 2. The lowest BCUT2D eigenvalue weighted by molar-refractivity contribution is -0.384. The lowest BCUT2D eigenvalue weighted by Crippen LogP contribution is -2.15. The summed E-state index contributed by atoms with van der Waals surface area (Å²) in [5, 5.41) is 10.9. The first-order chi connectivity index (χ1) is 14.0. The number of amides is 1. The summed E-state index contributed by atoms with van der Waals surface area (Å²) in [5.74, 6) is 0.751. The number of non-ortho nitro benzene ring substituents is 1. The summed E-state index contributed by atoms with van der Waals surface area (Å²) in [6, 6.07) is 9.75. The van der Waals surface area contributed by atoms with Crippen molar-refractivity contribution in [3.05, 3.63) is 63.0 Å². The number of aromatic nitrogens is 1. The van der Waals surface area contributed by atoms with Crippen molar-refractivity contribution in [1.29, 1.82) is 0 Å². The standard InChI is InChI=1S/C20H19N3O5S/c1-4-22-15-11-16(27-2)17(28-3)12-18(15)29-20(22)21-19(24)9-8-13-6-5-7-14(10-13)23(25)26/h5-12H,4H2,1-3H3/b9-8+,21-20?. The number of carbonyl (C=O) groups excluding carboxylic acids is 1. The highest BCUT2D eigenvalue weighted by atomic mass is 32.1. The summed E-state index contributed by atoms with van der Waals surface area (Å²) in [4.78, 5) is 27.5. The summed E-state index contributed by atoms with van der Waals surface area (Å²) in [7, 11) is 3.14. The van der Waals surface area contributed by atoms with Crippen LogP contribution in [0, 0.1) is 10.1 Å². The molecular weight excluding hydrogens is 394 g/mol. The lowest BCUT2D eigenvalue weighted by atomic mass is 10.2. The molecule has 0 fully saturated rings. The number of methoxy groups -OCH3 is 2. The largest absolute Gasteiger partial charge is 0.493 e. The number of fused-ring (bicyclic) bond motifs is 1. The fourth-order valence-corrected chi connectivity index (χ4v) is 3.94. The summed E-state index contributed by atoms with van der Waals surface area (Å²) in [5.41, 5.74) is 1.41. The first kappa shape index (κ1) is 20.3. The molecule has 3 aromatic rings. The molecule has 1 heterocycles. The monoisotopic (exact) mass is 413 g/mol. The van der Waals surface area contributed by atoms with E-state index < -0.39 is 10.8 Å². The highest BCUT2D eigenvalue weighted by Crippen LogP contribution is 2.33. The Hall–Kier alpha value is -3.46. The van der Waals surface area contributed by atoms with Crippen LogP contribution in [0.4, 0.5) is 5.69 Å². The zero-order valence-corrected chi connectivity index (χ0v) is 16.9. The Kier molecular flexibility index (Phi) is 6.08. The molecule has 9 heteroatoms. The summed E-state index contributed by atoms with van der Waals surface area (Å²) in [6.07, 6.45) is 2.80. The summed E-state index contributed by atoms with van der Waals surface area (Å²) in [6.45, 7) is 2.58. The molecular formula is C20H19N3O5S. The average Bonchev–Trinajstić information content (AvgIpc) is 3.06. The van der Waals surface area contributed by atoms with Crippen LogP contribution in [-0.4, -0.2) is 29.6 Å². The van der Waals surface area contributed by atoms with E-state index in [0.717, 1.165) is 10.2 Å². The number of carbonyl (C=O) groups is 1. The molecule has 0 aliphatic rings. The first-order valence-corrected chi connectivity index (χ1v) is 9.55. The molecule has 0 atom stereocenters. The van der Waals surface area contributed by atoms with Gasteiger partial charge in [0.1, 0.15) is 0 Å². The molecule has 2 aromatic carbocycles. The van der Waals surface area contributed by atoms with Gasteiger partial charge < -0.3 is 14.0 Å². The minimum absolute atomic E-state index is 0.0345. The Labute approximate surface area is 170 Å². The van der Waals surface area contributed by atoms with Gasteiger partial charge in [-0.1, -0.05) is 23.5 Å². The molecule has 0 N–H and O–H groups in total. The molecule has 8 nitrogen and oxygen atoms in total. The quantitative estimate of drug-likeness (QED) is 0.348. The van der Waals surface area contributed by atoms with Crippen LogP contribution in [-0.2, 0) is 11.3 Å². The molecule has 29 heavy (non-hydrogen) atoms. The third-order valence-corrected chi connectivity index (χ3v) is 5.25. The molecule has 0 saturated carbocycles. The Morgan fingerprint density at radius 3 is 2.62 bits per heavy atom. The van der Waals surface area contributed by atoms with E-state index in [-0.39, 0.29) is 5.69 Å². The van der Waals surface area contributed by atoms with E-state index in [0.29, 0.717) is 28.4 Å². The molecule has 150 valence electrons. The van der Waals surface area contributed by atoms with Gasteiger partial charge in [0.25, 0.3) is 11.6 Å². The smallest absolute Gasteiger partial charge is 0.272 e. The number of ether oxygens (including phenoxy) is 2. The maximum Gasteiger partial charge on any atom is 0.272 e. The van der Waals surface area contributed by atoms with Crippen molar-refractivity contribution in [2.45, 2.75) is 13.5 Å². The van der Waals surface area contributed by atoms with Crippen LogP contribution in [0.15, 0.2) is 47.5 Å². The highest BCUT2D eigenvalue weighted by Gasteiger charge is 2.12. The van der Waals surface area contributed by atoms with Crippen LogP contribution in [0.25, 0.3) is 16.3 Å². The van der Waals surface area contributed by atoms with Gasteiger partial charge in [-0.15, -0.1) is 0 Å². The maximum absolute atomic E-state index is 12.4. The second kappa shape index (κ2) is 8.70. The lowest BCUT2D eigenvalue weighted by Gasteiger charge is -2.08. The zero-order valence-electron chi connectivity index (χ0n) is 16.1. The van der Waals surface area contributed by atoms with E-state index in [2.05, 4.69) is 4.99 Å². The van der Waals surface area contributed by atoms with Crippen molar-refractivity contribution >= 4 is 39.2 Å². The second-order valence-corrected chi connectivity index (χ2v) is 6.95. The van der Waals surface area contributed by atoms with Gasteiger partial charge in [-0.05, 0) is 18.6 Å². The number of nitro groups is 1. The fourth-order valence-electron chi connectivity index (χ4n) is 2.83. The second-order valence-electron chi connectivity index (χ2n) is 5.94. The van der Waals surface area contributed by atoms with Gasteiger partial charge in [0.15, 0.2) is 16.3 Å². The van der Waals surface area contributed by atoms with Crippen LogP contribution >= 0.6 is 11.3 Å². The van der Waals surface area contributed by atoms with Gasteiger partial charge in [-0.2, -0.15) is 4.99 Å². The molecule has 1 aromatic heterocycles. The highest BCUT2D eigenvalue weighted by molar-refractivity contribution is 7.16. The fraction of sp³-hybridized carbons (Fsp3) is 0.200. The maximum atomic E-state index is 12.4. The van der Waals surface area contributed by atoms with Crippen LogP contribution in [0.5, 0.6) is 11.5 Å². The average molecular weight is 413 g/mol. The molecule has 3 rings (SSSR count). The van der Waals surface area contributed by atoms with Crippen molar-refractivity contribution in [3.8, 4) is 11.5 Å². The van der Waals surface area contributed by atoms with E-state index in [4.69, 9.17) is 9.47 Å². The molecule has 0 aliphatic carbocycles. The van der Waals surface area contributed by atoms with Gasteiger partial charge in [-0.25, -0.2) is 0 Å². The Balaban J connectivity index is 1.97. The van der Waals surface area contributed by atoms with E-state index >= 15 is 0 Å². The first-order valence-electron chi connectivity index (χ1n) is 8.73. The van der Waals surface area contributed by atoms with Crippen LogP contribution in [0.2, 0.25) is 0 Å². The van der Waals surface area contributed by atoms with Crippen LogP contribution < -0.4 is 14.3 Å². The molecule has 0 bridgehead atoms. The number of thiazole rings is 1. The molecule has 0 spiro atoms. The minimum Gasteiger partial charge on any atom is -0.493 e. The number of nitro benzene ring substituents is 1. The Morgan fingerprint density at radius 2 is 1.97 bits per heavy atom. The Bertz CT molecular complexity index is 1180. The molecule has 1 amide bonds. The molecule has 0 aliphatic heterocycles. The molecule has 0 unspecified atom stereocenters. The van der Waals surface area contributed by atoms with Crippen molar-refractivity contribution in [2.24, 2.45) is 4.99 Å². The predicted octanol–water partition coefficient (Wildman–Crippen LogP) is 3.79. The van der Waals surface area contributed by atoms with E-state index in [1.807, 2.05) is 23.6 Å². The van der Waals surface area contributed by atoms with Gasteiger partial charge in [-0.3, -0.25) is 14.9 Å². The van der Waals surface area contributed by atoms with Gasteiger partial charge in [0.2, 0.25) is 0 Å². The van der Waals surface area contributed by atoms with Crippen molar-refractivity contribution in [2.75, 3.05) is 14.2 Å². The van der Waals surface area contributed by atoms with Gasteiger partial charge in [0.05, 0.1) is 29.4 Å². The normalized spacial score (nSPS) is 11.9. The third-order valence-electron chi connectivity index (χ3n) is 4.21. The number of nitrogens with zero attached hydrogens (tertiary/aromatic N) is 3. The number of hydrogen-bond acceptors (Lipinski definition) is 6. The van der Waals surface area contributed by atoms with Crippen LogP contribution in [0.3, 0.4) is 0 Å². The SMILES string of the molecule is CCn1c(=NC(=O)/C=C/c2cccc([N+](=O)[O-])c2)sc2cc(OC)c(OC)cc21. The Morgan fingerprint density at radius 1 is 1.24 bits per heavy atom. The molecule has 0 radical (unpaired) electrons. The van der Waals surface area contributed by atoms with E-state index in [1.165, 1.54) is 35.6 Å². The molecule has 0 saturated heterocycles. The van der Waals surface area contributed by atoms with Crippen molar-refractivity contribution in [1.82, 2.24) is 4.57 Å². The summed E-state index contributed by atoms with van der Waals surface area (Å²) < 4.78 is 13.5. The van der Waals surface area contributed by atoms with Crippen LogP contribution in [0.1, 0.15) is 12.5 Å². The topological polar surface area (TPSA) is 96.0 Å². The van der Waals surface area contributed by atoms with E-state index in [1.54, 1.807) is 26.4 Å². The predicted molar refractivity (Wildman–Crippen MR) is 111 cm³/mol. The minimum atomic E-state index is -0.479. The van der Waals surface area contributed by atoms with Crippen molar-refractivity contribution in [3.63, 3.8) is 0 Å². The summed E-state index contributed by atoms with van der Waals surface area (Å²) >= 11 is 1.37. The number of hydrogen-bond donors (Lipinski definition) is 0.